The summed E-state index contributed by atoms with van der Waals surface area (Å²) in [4.78, 5) is 7.84. The third kappa shape index (κ3) is 2.73. The first kappa shape index (κ1) is 15.3. The van der Waals surface area contributed by atoms with Gasteiger partial charge in [-0.05, 0) is 29.8 Å². The number of H-pyrrole nitrogens is 1. The molecule has 3 heterocycles. The Labute approximate surface area is 140 Å². The van der Waals surface area contributed by atoms with Crippen molar-refractivity contribution in [2.24, 2.45) is 0 Å². The molecule has 0 atom stereocenters. The molecule has 4 aromatic rings. The lowest BCUT2D eigenvalue weighted by atomic mass is 9.99. The normalized spacial score (nSPS) is 11.8. The van der Waals surface area contributed by atoms with Gasteiger partial charge in [0, 0.05) is 28.9 Å². The van der Waals surface area contributed by atoms with Crippen molar-refractivity contribution >= 4 is 10.9 Å². The Morgan fingerprint density at radius 3 is 2.44 bits per heavy atom. The van der Waals surface area contributed by atoms with Gasteiger partial charge >= 0.3 is 6.18 Å². The van der Waals surface area contributed by atoms with Gasteiger partial charge < -0.3 is 0 Å². The molecule has 0 spiro atoms. The van der Waals surface area contributed by atoms with E-state index >= 15 is 0 Å². The molecule has 0 aliphatic rings. The van der Waals surface area contributed by atoms with E-state index in [-0.39, 0.29) is 0 Å². The van der Waals surface area contributed by atoms with E-state index < -0.39 is 11.9 Å². The number of pyridine rings is 2. The van der Waals surface area contributed by atoms with Crippen LogP contribution >= 0.6 is 0 Å². The number of halogens is 3. The highest BCUT2D eigenvalue weighted by atomic mass is 19.4. The highest BCUT2D eigenvalue weighted by molar-refractivity contribution is 5.97. The summed E-state index contributed by atoms with van der Waals surface area (Å²) in [6.45, 7) is 0. The molecule has 0 radical (unpaired) electrons. The van der Waals surface area contributed by atoms with Crippen LogP contribution in [0.15, 0.2) is 61.1 Å². The summed E-state index contributed by atoms with van der Waals surface area (Å²) < 4.78 is 38.1. The maximum Gasteiger partial charge on any atom is 0.433 e. The van der Waals surface area contributed by atoms with Crippen LogP contribution in [0.1, 0.15) is 5.69 Å². The molecular weight excluding hydrogens is 329 g/mol. The SMILES string of the molecule is FC(F)(F)c1ccc(-c2[nH]ncc2-c2ccnc3ccccc23)cn1. The molecule has 3 aromatic heterocycles. The molecule has 0 saturated heterocycles. The summed E-state index contributed by atoms with van der Waals surface area (Å²) in [6, 6.07) is 11.9. The number of alkyl halides is 3. The number of nitrogens with zero attached hydrogens (tertiary/aromatic N) is 3. The zero-order valence-electron chi connectivity index (χ0n) is 12.7. The van der Waals surface area contributed by atoms with Crippen molar-refractivity contribution in [3.63, 3.8) is 0 Å². The first-order chi connectivity index (χ1) is 12.0. The lowest BCUT2D eigenvalue weighted by Crippen LogP contribution is -2.07. The van der Waals surface area contributed by atoms with Crippen LogP contribution in [0.5, 0.6) is 0 Å². The fraction of sp³-hybridized carbons (Fsp3) is 0.0556. The van der Waals surface area contributed by atoms with Crippen LogP contribution in [0.3, 0.4) is 0 Å². The molecule has 0 aliphatic carbocycles. The van der Waals surface area contributed by atoms with Crippen LogP contribution in [0.2, 0.25) is 0 Å². The van der Waals surface area contributed by atoms with Crippen LogP contribution in [-0.2, 0) is 6.18 Å². The van der Waals surface area contributed by atoms with Crippen molar-refractivity contribution in [2.45, 2.75) is 6.18 Å². The van der Waals surface area contributed by atoms with E-state index in [9.17, 15) is 13.2 Å². The predicted molar refractivity (Wildman–Crippen MR) is 87.6 cm³/mol. The zero-order chi connectivity index (χ0) is 17.4. The molecule has 0 fully saturated rings. The van der Waals surface area contributed by atoms with Crippen LogP contribution in [0.25, 0.3) is 33.3 Å². The maximum atomic E-state index is 12.7. The fourth-order valence-corrected chi connectivity index (χ4v) is 2.75. The quantitative estimate of drug-likeness (QED) is 0.575. The summed E-state index contributed by atoms with van der Waals surface area (Å²) in [7, 11) is 0. The number of fused-ring (bicyclic) bond motifs is 1. The highest BCUT2D eigenvalue weighted by Gasteiger charge is 2.32. The summed E-state index contributed by atoms with van der Waals surface area (Å²) in [6.07, 6.45) is 0.0775. The molecule has 0 bridgehead atoms. The van der Waals surface area contributed by atoms with Crippen molar-refractivity contribution < 1.29 is 13.2 Å². The van der Waals surface area contributed by atoms with Gasteiger partial charge in [0.15, 0.2) is 0 Å². The second kappa shape index (κ2) is 5.70. The molecule has 1 N–H and O–H groups in total. The lowest BCUT2D eigenvalue weighted by molar-refractivity contribution is -0.141. The van der Waals surface area contributed by atoms with E-state index in [1.165, 1.54) is 12.3 Å². The number of hydrogen-bond acceptors (Lipinski definition) is 3. The second-order valence-corrected chi connectivity index (χ2v) is 5.46. The highest BCUT2D eigenvalue weighted by Crippen LogP contribution is 2.35. The Bertz CT molecular complexity index is 1030. The van der Waals surface area contributed by atoms with Gasteiger partial charge in [-0.2, -0.15) is 18.3 Å². The molecular formula is C18H11F3N4. The molecule has 7 heteroatoms. The number of aromatic amines is 1. The Morgan fingerprint density at radius 2 is 1.68 bits per heavy atom. The van der Waals surface area contributed by atoms with Gasteiger partial charge in [0.25, 0.3) is 0 Å². The molecule has 0 amide bonds. The average molecular weight is 340 g/mol. The number of benzene rings is 1. The average Bonchev–Trinajstić information content (AvgIpc) is 3.10. The molecule has 0 unspecified atom stereocenters. The summed E-state index contributed by atoms with van der Waals surface area (Å²) in [5.74, 6) is 0. The van der Waals surface area contributed by atoms with Crippen molar-refractivity contribution in [1.82, 2.24) is 20.2 Å². The van der Waals surface area contributed by atoms with Crippen LogP contribution < -0.4 is 0 Å². The van der Waals surface area contributed by atoms with E-state index in [0.29, 0.717) is 11.3 Å². The van der Waals surface area contributed by atoms with E-state index in [1.54, 1.807) is 12.4 Å². The largest absolute Gasteiger partial charge is 0.433 e. The molecule has 4 rings (SSSR count). The number of aromatic nitrogens is 4. The van der Waals surface area contributed by atoms with E-state index in [4.69, 9.17) is 0 Å². The van der Waals surface area contributed by atoms with Crippen LogP contribution in [0, 0.1) is 0 Å². The molecule has 0 saturated carbocycles. The third-order valence-electron chi connectivity index (χ3n) is 3.92. The molecule has 4 nitrogen and oxygen atoms in total. The van der Waals surface area contributed by atoms with Gasteiger partial charge in [0.2, 0.25) is 0 Å². The number of hydrogen-bond donors (Lipinski definition) is 1. The Morgan fingerprint density at radius 1 is 0.840 bits per heavy atom. The third-order valence-corrected chi connectivity index (χ3v) is 3.92. The van der Waals surface area contributed by atoms with Crippen molar-refractivity contribution in [3.05, 3.63) is 66.7 Å². The first-order valence-electron chi connectivity index (χ1n) is 7.45. The molecule has 25 heavy (non-hydrogen) atoms. The van der Waals surface area contributed by atoms with Gasteiger partial charge in [-0.25, -0.2) is 0 Å². The first-order valence-corrected chi connectivity index (χ1v) is 7.45. The Kier molecular flexibility index (Phi) is 3.49. The molecule has 0 aliphatic heterocycles. The van der Waals surface area contributed by atoms with Crippen LogP contribution in [-0.4, -0.2) is 20.2 Å². The van der Waals surface area contributed by atoms with Gasteiger partial charge in [-0.3, -0.25) is 15.1 Å². The Balaban J connectivity index is 1.84. The summed E-state index contributed by atoms with van der Waals surface area (Å²) in [5, 5.41) is 7.85. The van der Waals surface area contributed by atoms with E-state index in [0.717, 1.165) is 28.1 Å². The van der Waals surface area contributed by atoms with Gasteiger partial charge in [-0.15, -0.1) is 0 Å². The standard InChI is InChI=1S/C18H11F3N4/c19-18(20,21)16-6-5-11(9-23-16)17-14(10-24-25-17)12-7-8-22-15-4-2-1-3-13(12)15/h1-10H,(H,24,25). The number of para-hydroxylation sites is 1. The van der Waals surface area contributed by atoms with Gasteiger partial charge in [0.1, 0.15) is 5.69 Å². The number of nitrogens with one attached hydrogen (secondary N) is 1. The molecule has 1 aromatic carbocycles. The number of rotatable bonds is 2. The van der Waals surface area contributed by atoms with Gasteiger partial charge in [-0.1, -0.05) is 18.2 Å². The van der Waals surface area contributed by atoms with Gasteiger partial charge in [0.05, 0.1) is 17.4 Å². The second-order valence-electron chi connectivity index (χ2n) is 5.46. The smallest absolute Gasteiger partial charge is 0.277 e. The zero-order valence-corrected chi connectivity index (χ0v) is 12.7. The summed E-state index contributed by atoms with van der Waals surface area (Å²) >= 11 is 0. The lowest BCUT2D eigenvalue weighted by Gasteiger charge is -2.08. The monoisotopic (exact) mass is 340 g/mol. The fourth-order valence-electron chi connectivity index (χ4n) is 2.75. The van der Waals surface area contributed by atoms with E-state index in [1.807, 2.05) is 30.3 Å². The minimum absolute atomic E-state index is 0.529. The Hall–Kier alpha value is -3.22. The van der Waals surface area contributed by atoms with Crippen molar-refractivity contribution in [1.29, 1.82) is 0 Å². The van der Waals surface area contributed by atoms with Crippen LogP contribution in [0.4, 0.5) is 13.2 Å². The topological polar surface area (TPSA) is 54.5 Å². The summed E-state index contributed by atoms with van der Waals surface area (Å²) in [5.41, 5.74) is 2.72. The maximum absolute atomic E-state index is 12.7. The predicted octanol–water partition coefficient (Wildman–Crippen LogP) is 4.71. The minimum Gasteiger partial charge on any atom is -0.277 e. The van der Waals surface area contributed by atoms with E-state index in [2.05, 4.69) is 20.2 Å². The van der Waals surface area contributed by atoms with Crippen molar-refractivity contribution in [3.8, 4) is 22.4 Å². The minimum atomic E-state index is -4.46. The molecule has 124 valence electrons. The van der Waals surface area contributed by atoms with Crippen molar-refractivity contribution in [2.75, 3.05) is 0 Å².